The summed E-state index contributed by atoms with van der Waals surface area (Å²) in [5.41, 5.74) is 1.24. The van der Waals surface area contributed by atoms with Crippen LogP contribution in [0.15, 0.2) is 24.3 Å². The maximum Gasteiger partial charge on any atom is 0.168 e. The number of rotatable bonds is 3. The number of hydrogen-bond donors (Lipinski definition) is 0. The lowest BCUT2D eigenvalue weighted by atomic mass is 10.1. The number of nitrogens with zero attached hydrogens (tertiary/aromatic N) is 2. The SMILES string of the molecule is CN(CC1Cc2ccccc2OO1)N1CCCCC1. The van der Waals surface area contributed by atoms with Crippen molar-refractivity contribution in [3.05, 3.63) is 29.8 Å². The molecule has 19 heavy (non-hydrogen) atoms. The van der Waals surface area contributed by atoms with Gasteiger partial charge in [-0.15, -0.1) is 0 Å². The molecule has 2 aliphatic rings. The van der Waals surface area contributed by atoms with Gasteiger partial charge in [0.2, 0.25) is 0 Å². The highest BCUT2D eigenvalue weighted by atomic mass is 17.2. The molecule has 0 spiro atoms. The van der Waals surface area contributed by atoms with Crippen LogP contribution in [0.25, 0.3) is 0 Å². The number of para-hydroxylation sites is 1. The third-order valence-corrected chi connectivity index (χ3v) is 3.98. The number of likely N-dealkylation sites (N-methyl/N-ethyl adjacent to an activating group) is 1. The predicted molar refractivity (Wildman–Crippen MR) is 73.7 cm³/mol. The molecule has 1 atom stereocenters. The third kappa shape index (κ3) is 3.08. The van der Waals surface area contributed by atoms with E-state index in [-0.39, 0.29) is 6.10 Å². The van der Waals surface area contributed by atoms with Gasteiger partial charge in [-0.3, -0.25) is 0 Å². The second-order valence-corrected chi connectivity index (χ2v) is 5.47. The Kier molecular flexibility index (Phi) is 4.01. The lowest BCUT2D eigenvalue weighted by Crippen LogP contribution is -2.47. The molecule has 2 heterocycles. The van der Waals surface area contributed by atoms with Crippen LogP contribution in [0.2, 0.25) is 0 Å². The molecule has 4 heteroatoms. The van der Waals surface area contributed by atoms with Gasteiger partial charge in [-0.25, -0.2) is 10.0 Å². The highest BCUT2D eigenvalue weighted by Gasteiger charge is 2.24. The monoisotopic (exact) mass is 262 g/mol. The zero-order valence-corrected chi connectivity index (χ0v) is 11.5. The fourth-order valence-corrected chi connectivity index (χ4v) is 2.88. The van der Waals surface area contributed by atoms with Gasteiger partial charge >= 0.3 is 0 Å². The number of fused-ring (bicyclic) bond motifs is 1. The predicted octanol–water partition coefficient (Wildman–Crippen LogP) is 2.25. The van der Waals surface area contributed by atoms with Crippen molar-refractivity contribution in [1.82, 2.24) is 10.0 Å². The minimum atomic E-state index is 0.113. The molecule has 0 radical (unpaired) electrons. The Morgan fingerprint density at radius 2 is 2.00 bits per heavy atom. The molecule has 2 aliphatic heterocycles. The topological polar surface area (TPSA) is 24.9 Å². The van der Waals surface area contributed by atoms with Crippen LogP contribution in [-0.4, -0.2) is 42.8 Å². The number of hydrazine groups is 1. The molecular weight excluding hydrogens is 240 g/mol. The van der Waals surface area contributed by atoms with Crippen LogP contribution in [0, 0.1) is 0 Å². The Bertz CT molecular complexity index is 418. The van der Waals surface area contributed by atoms with Gasteiger partial charge in [0.15, 0.2) is 5.75 Å². The quantitative estimate of drug-likeness (QED) is 0.780. The highest BCUT2D eigenvalue weighted by molar-refractivity contribution is 5.34. The van der Waals surface area contributed by atoms with Gasteiger partial charge in [-0.1, -0.05) is 24.6 Å². The number of benzene rings is 1. The molecule has 0 amide bonds. The third-order valence-electron chi connectivity index (χ3n) is 3.98. The maximum atomic E-state index is 5.50. The Morgan fingerprint density at radius 1 is 1.21 bits per heavy atom. The van der Waals surface area contributed by atoms with Crippen molar-refractivity contribution >= 4 is 0 Å². The molecule has 3 rings (SSSR count). The lowest BCUT2D eigenvalue weighted by molar-refractivity contribution is -0.263. The van der Waals surface area contributed by atoms with Crippen LogP contribution >= 0.6 is 0 Å². The van der Waals surface area contributed by atoms with Crippen molar-refractivity contribution in [2.24, 2.45) is 0 Å². The van der Waals surface area contributed by atoms with Crippen LogP contribution in [-0.2, 0) is 11.3 Å². The van der Waals surface area contributed by atoms with Gasteiger partial charge in [-0.2, -0.15) is 4.89 Å². The second-order valence-electron chi connectivity index (χ2n) is 5.47. The van der Waals surface area contributed by atoms with Crippen molar-refractivity contribution in [2.75, 3.05) is 26.7 Å². The van der Waals surface area contributed by atoms with E-state index in [0.717, 1.165) is 18.7 Å². The molecule has 0 aromatic heterocycles. The maximum absolute atomic E-state index is 5.50. The highest BCUT2D eigenvalue weighted by Crippen LogP contribution is 2.26. The van der Waals surface area contributed by atoms with Crippen LogP contribution in [0.1, 0.15) is 24.8 Å². The van der Waals surface area contributed by atoms with Crippen LogP contribution < -0.4 is 4.89 Å². The Hall–Kier alpha value is -1.10. The summed E-state index contributed by atoms with van der Waals surface area (Å²) >= 11 is 0. The first kappa shape index (κ1) is 12.9. The molecule has 4 nitrogen and oxygen atoms in total. The van der Waals surface area contributed by atoms with Crippen LogP contribution in [0.3, 0.4) is 0 Å². The summed E-state index contributed by atoms with van der Waals surface area (Å²) in [4.78, 5) is 10.9. The standard InChI is InChI=1S/C15H22N2O2/c1-16(17-9-5-2-6-10-17)12-14-11-13-7-3-4-8-15(13)19-18-14/h3-4,7-8,14H,2,5-6,9-12H2,1H3. The summed E-state index contributed by atoms with van der Waals surface area (Å²) in [6.07, 6.45) is 5.00. The van der Waals surface area contributed by atoms with Crippen LogP contribution in [0.4, 0.5) is 0 Å². The Balaban J connectivity index is 1.56. The second kappa shape index (κ2) is 5.90. The van der Waals surface area contributed by atoms with E-state index in [9.17, 15) is 0 Å². The molecule has 0 N–H and O–H groups in total. The van der Waals surface area contributed by atoms with Crippen molar-refractivity contribution in [1.29, 1.82) is 0 Å². The van der Waals surface area contributed by atoms with Gasteiger partial charge in [0.25, 0.3) is 0 Å². The van der Waals surface area contributed by atoms with Gasteiger partial charge in [0.1, 0.15) is 6.10 Å². The fourth-order valence-electron chi connectivity index (χ4n) is 2.88. The van der Waals surface area contributed by atoms with Gasteiger partial charge < -0.3 is 4.89 Å². The normalized spacial score (nSPS) is 24.0. The first-order valence-corrected chi connectivity index (χ1v) is 7.20. The molecular formula is C15H22N2O2. The van der Waals surface area contributed by atoms with Crippen molar-refractivity contribution < 1.29 is 9.78 Å². The molecule has 1 fully saturated rings. The number of piperidine rings is 1. The lowest BCUT2D eigenvalue weighted by Gasteiger charge is -2.37. The van der Waals surface area contributed by atoms with E-state index in [1.807, 2.05) is 12.1 Å². The van der Waals surface area contributed by atoms with Crippen LogP contribution in [0.5, 0.6) is 5.75 Å². The first-order valence-electron chi connectivity index (χ1n) is 7.20. The van der Waals surface area contributed by atoms with E-state index in [0.29, 0.717) is 0 Å². The van der Waals surface area contributed by atoms with E-state index in [4.69, 9.17) is 9.78 Å². The van der Waals surface area contributed by atoms with Gasteiger partial charge in [0.05, 0.1) is 0 Å². The van der Waals surface area contributed by atoms with Crippen molar-refractivity contribution in [3.8, 4) is 5.75 Å². The van der Waals surface area contributed by atoms with E-state index in [1.54, 1.807) is 0 Å². The fraction of sp³-hybridized carbons (Fsp3) is 0.600. The van der Waals surface area contributed by atoms with Crippen molar-refractivity contribution in [2.45, 2.75) is 31.8 Å². The zero-order valence-electron chi connectivity index (χ0n) is 11.5. The summed E-state index contributed by atoms with van der Waals surface area (Å²) in [6.45, 7) is 3.22. The van der Waals surface area contributed by atoms with Crippen molar-refractivity contribution in [3.63, 3.8) is 0 Å². The smallest absolute Gasteiger partial charge is 0.168 e. The Labute approximate surface area is 114 Å². The summed E-state index contributed by atoms with van der Waals surface area (Å²) in [5.74, 6) is 0.861. The summed E-state index contributed by atoms with van der Waals surface area (Å²) in [6, 6.07) is 8.10. The van der Waals surface area contributed by atoms with Gasteiger partial charge in [0, 0.05) is 38.7 Å². The van der Waals surface area contributed by atoms with Gasteiger partial charge in [-0.05, 0) is 18.9 Å². The minimum absolute atomic E-state index is 0.113. The molecule has 0 bridgehead atoms. The molecule has 1 saturated heterocycles. The first-order chi connectivity index (χ1) is 9.33. The molecule has 104 valence electrons. The average molecular weight is 262 g/mol. The molecule has 0 aliphatic carbocycles. The summed E-state index contributed by atoms with van der Waals surface area (Å²) in [5, 5.41) is 4.72. The van der Waals surface area contributed by atoms with E-state index in [2.05, 4.69) is 29.2 Å². The molecule has 0 saturated carbocycles. The average Bonchev–Trinajstić information content (AvgIpc) is 2.48. The van der Waals surface area contributed by atoms with E-state index < -0.39 is 0 Å². The molecule has 1 unspecified atom stereocenters. The zero-order chi connectivity index (χ0) is 13.1. The molecule has 1 aromatic rings. The molecule has 1 aromatic carbocycles. The Morgan fingerprint density at radius 3 is 2.84 bits per heavy atom. The van der Waals surface area contributed by atoms with E-state index >= 15 is 0 Å². The minimum Gasteiger partial charge on any atom is -0.337 e. The van der Waals surface area contributed by atoms with E-state index in [1.165, 1.54) is 37.9 Å². The largest absolute Gasteiger partial charge is 0.337 e. The number of hydrogen-bond acceptors (Lipinski definition) is 4. The summed E-state index contributed by atoms with van der Waals surface area (Å²) in [7, 11) is 2.15. The summed E-state index contributed by atoms with van der Waals surface area (Å²) < 4.78 is 0.